The quantitative estimate of drug-likeness (QED) is 0.0406. The molecule has 1 fully saturated rings. The van der Waals surface area contributed by atoms with Crippen LogP contribution in [0.15, 0.2) is 35.5 Å². The molecular weight excluding hydrogens is 705 g/mol. The van der Waals surface area contributed by atoms with Crippen molar-refractivity contribution < 1.29 is 39.2 Å². The van der Waals surface area contributed by atoms with E-state index in [1.54, 1.807) is 32.9 Å². The minimum absolute atomic E-state index is 0.00790. The van der Waals surface area contributed by atoms with Crippen LogP contribution in [0.2, 0.25) is 0 Å². The highest BCUT2D eigenvalue weighted by molar-refractivity contribution is 6.06. The predicted octanol–water partition coefficient (Wildman–Crippen LogP) is 10.7. The number of fused-ring (bicyclic) bond motifs is 3. The molecule has 3 aliphatic carbocycles. The SMILES string of the molecule is C=C(C)[C@]1(O)C[C@@H](C)[C@@]2(O)[C@@H](C=C(COC(=O)CCCCCCCCCCCCC)C[C@]3(OC(=O)CCCCCCCCCCCCC)C(=O)C(C)=C[C@@H]23)[C@H]1O. The lowest BCUT2D eigenvalue weighted by Crippen LogP contribution is -2.68. The third-order valence-electron chi connectivity index (χ3n) is 13.3. The fourth-order valence-corrected chi connectivity index (χ4v) is 9.69. The first-order chi connectivity index (χ1) is 26.8. The van der Waals surface area contributed by atoms with Gasteiger partial charge in [0.25, 0.3) is 0 Å². The van der Waals surface area contributed by atoms with Crippen LogP contribution in [0.1, 0.15) is 202 Å². The van der Waals surface area contributed by atoms with Gasteiger partial charge in [0.15, 0.2) is 5.60 Å². The van der Waals surface area contributed by atoms with Crippen molar-refractivity contribution in [1.29, 1.82) is 0 Å². The third-order valence-corrected chi connectivity index (χ3v) is 13.3. The Hall–Kier alpha value is -2.29. The second-order valence-electron chi connectivity index (χ2n) is 17.9. The average Bonchev–Trinajstić information content (AvgIpc) is 3.34. The average molecular weight is 785 g/mol. The molecule has 3 rings (SSSR count). The van der Waals surface area contributed by atoms with E-state index >= 15 is 0 Å². The van der Waals surface area contributed by atoms with Crippen molar-refractivity contribution in [3.63, 3.8) is 0 Å². The highest BCUT2D eigenvalue weighted by Crippen LogP contribution is 2.58. The number of ketones is 1. The molecule has 0 heterocycles. The molecule has 0 radical (unpaired) electrons. The number of carbonyl (C=O) groups is 3. The molecule has 8 heteroatoms. The number of esters is 2. The monoisotopic (exact) mass is 785 g/mol. The Morgan fingerprint density at radius 2 is 1.20 bits per heavy atom. The smallest absolute Gasteiger partial charge is 0.306 e. The van der Waals surface area contributed by atoms with Gasteiger partial charge in [0, 0.05) is 25.2 Å². The zero-order valence-corrected chi connectivity index (χ0v) is 36.1. The summed E-state index contributed by atoms with van der Waals surface area (Å²) in [5.74, 6) is -3.90. The van der Waals surface area contributed by atoms with E-state index in [1.807, 2.05) is 0 Å². The van der Waals surface area contributed by atoms with Crippen LogP contribution in [0.3, 0.4) is 0 Å². The maximum Gasteiger partial charge on any atom is 0.306 e. The standard InChI is InChI=1S/C48H80O8/c1-7-9-11-13-15-17-19-21-23-25-27-29-42(49)55-35-39-32-40-45(52)46(53,36(3)4)33-38(6)48(40,54)41-31-37(5)44(51)47(41,34-39)56-43(50)30-28-26-24-22-20-18-16-14-12-10-8-2/h31-32,38,40-41,45,52-54H,3,7-30,33-35H2,1-2,4-6H3/t38-,40+,41-,45-,46-,47-,48-/m1/s1. The van der Waals surface area contributed by atoms with Crippen LogP contribution in [0.5, 0.6) is 0 Å². The van der Waals surface area contributed by atoms with Crippen LogP contribution in [0.4, 0.5) is 0 Å². The summed E-state index contributed by atoms with van der Waals surface area (Å²) in [5, 5.41) is 36.3. The summed E-state index contributed by atoms with van der Waals surface area (Å²) in [6.07, 6.45) is 27.8. The van der Waals surface area contributed by atoms with Gasteiger partial charge in [-0.1, -0.05) is 168 Å². The molecule has 0 saturated heterocycles. The van der Waals surface area contributed by atoms with Gasteiger partial charge in [0.1, 0.15) is 12.2 Å². The van der Waals surface area contributed by atoms with E-state index in [0.717, 1.165) is 38.5 Å². The fraction of sp³-hybridized carbons (Fsp3) is 0.812. The minimum Gasteiger partial charge on any atom is -0.461 e. The molecule has 0 aromatic heterocycles. The fourth-order valence-electron chi connectivity index (χ4n) is 9.69. The van der Waals surface area contributed by atoms with E-state index in [4.69, 9.17) is 9.47 Å². The summed E-state index contributed by atoms with van der Waals surface area (Å²) in [6, 6.07) is 0. The molecule has 0 aliphatic heterocycles. The second-order valence-corrected chi connectivity index (χ2v) is 17.9. The number of unbranched alkanes of at least 4 members (excludes halogenated alkanes) is 20. The summed E-state index contributed by atoms with van der Waals surface area (Å²) in [5.41, 5.74) is -3.99. The topological polar surface area (TPSA) is 130 Å². The molecule has 3 aliphatic rings. The van der Waals surface area contributed by atoms with Crippen LogP contribution in [0, 0.1) is 17.8 Å². The maximum atomic E-state index is 14.2. The molecule has 320 valence electrons. The van der Waals surface area contributed by atoms with Crippen LogP contribution in [0.25, 0.3) is 0 Å². The lowest BCUT2D eigenvalue weighted by atomic mass is 9.55. The van der Waals surface area contributed by atoms with E-state index in [1.165, 1.54) is 96.3 Å². The van der Waals surface area contributed by atoms with Gasteiger partial charge in [-0.15, -0.1) is 0 Å². The minimum atomic E-state index is -1.76. The molecule has 3 N–H and O–H groups in total. The van der Waals surface area contributed by atoms with E-state index in [2.05, 4.69) is 20.4 Å². The molecule has 0 bridgehead atoms. The van der Waals surface area contributed by atoms with E-state index in [-0.39, 0.29) is 44.0 Å². The van der Waals surface area contributed by atoms with Crippen molar-refractivity contribution in [3.05, 3.63) is 35.5 Å². The Bertz CT molecular complexity index is 1320. The Labute approximate surface area is 340 Å². The van der Waals surface area contributed by atoms with Crippen molar-refractivity contribution >= 4 is 17.7 Å². The van der Waals surface area contributed by atoms with Gasteiger partial charge in [0.2, 0.25) is 5.78 Å². The highest BCUT2D eigenvalue weighted by atomic mass is 16.6. The van der Waals surface area contributed by atoms with E-state index in [0.29, 0.717) is 23.1 Å². The molecule has 8 nitrogen and oxygen atoms in total. The molecular formula is C48H80O8. The number of aliphatic hydroxyl groups is 3. The van der Waals surface area contributed by atoms with Crippen LogP contribution in [-0.2, 0) is 23.9 Å². The van der Waals surface area contributed by atoms with E-state index in [9.17, 15) is 29.7 Å². The number of Topliss-reactive ketones (excluding diaryl/α,β-unsaturated/α-hetero) is 1. The Balaban J connectivity index is 1.68. The largest absolute Gasteiger partial charge is 0.461 e. The van der Waals surface area contributed by atoms with Gasteiger partial charge in [-0.05, 0) is 55.7 Å². The zero-order valence-electron chi connectivity index (χ0n) is 36.1. The first-order valence-corrected chi connectivity index (χ1v) is 22.9. The lowest BCUT2D eigenvalue weighted by Gasteiger charge is -2.56. The predicted molar refractivity (Wildman–Crippen MR) is 225 cm³/mol. The van der Waals surface area contributed by atoms with Gasteiger partial charge in [-0.3, -0.25) is 14.4 Å². The van der Waals surface area contributed by atoms with Crippen molar-refractivity contribution in [1.82, 2.24) is 0 Å². The molecule has 0 unspecified atom stereocenters. The van der Waals surface area contributed by atoms with Gasteiger partial charge in [-0.25, -0.2) is 0 Å². The summed E-state index contributed by atoms with van der Waals surface area (Å²) < 4.78 is 12.1. The summed E-state index contributed by atoms with van der Waals surface area (Å²) in [7, 11) is 0. The Morgan fingerprint density at radius 1 is 0.750 bits per heavy atom. The number of hydrogen-bond donors (Lipinski definition) is 3. The second kappa shape index (κ2) is 24.0. The van der Waals surface area contributed by atoms with Crippen LogP contribution in [-0.4, -0.2) is 62.6 Å². The first kappa shape index (κ1) is 48.1. The highest BCUT2D eigenvalue weighted by Gasteiger charge is 2.69. The van der Waals surface area contributed by atoms with Crippen LogP contribution < -0.4 is 0 Å². The van der Waals surface area contributed by atoms with Gasteiger partial charge in [0.05, 0.1) is 17.6 Å². The van der Waals surface area contributed by atoms with Crippen LogP contribution >= 0.6 is 0 Å². The molecule has 0 spiro atoms. The molecule has 1 saturated carbocycles. The number of hydrogen-bond acceptors (Lipinski definition) is 8. The van der Waals surface area contributed by atoms with E-state index < -0.39 is 46.6 Å². The zero-order chi connectivity index (χ0) is 41.2. The summed E-state index contributed by atoms with van der Waals surface area (Å²) in [6.45, 7) is 13.4. The number of ether oxygens (including phenoxy) is 2. The number of carbonyl (C=O) groups excluding carboxylic acids is 3. The maximum absolute atomic E-state index is 14.2. The van der Waals surface area contributed by atoms with Gasteiger partial charge >= 0.3 is 11.9 Å². The Morgan fingerprint density at radius 3 is 1.66 bits per heavy atom. The molecule has 0 aromatic carbocycles. The molecule has 7 atom stereocenters. The van der Waals surface area contributed by atoms with Crippen molar-refractivity contribution in [2.75, 3.05) is 6.61 Å². The Kier molecular flexibility index (Phi) is 20.6. The number of rotatable bonds is 28. The molecule has 56 heavy (non-hydrogen) atoms. The van der Waals surface area contributed by atoms with Crippen molar-refractivity contribution in [2.45, 2.75) is 224 Å². The van der Waals surface area contributed by atoms with Gasteiger partial charge < -0.3 is 24.8 Å². The van der Waals surface area contributed by atoms with Crippen molar-refractivity contribution in [3.8, 4) is 0 Å². The van der Waals surface area contributed by atoms with Gasteiger partial charge in [-0.2, -0.15) is 0 Å². The third kappa shape index (κ3) is 12.9. The summed E-state index contributed by atoms with van der Waals surface area (Å²) >= 11 is 0. The molecule has 0 amide bonds. The number of aliphatic hydroxyl groups excluding tert-OH is 1. The summed E-state index contributed by atoms with van der Waals surface area (Å²) in [4.78, 5) is 40.9. The van der Waals surface area contributed by atoms with Crippen molar-refractivity contribution in [2.24, 2.45) is 17.8 Å². The lowest BCUT2D eigenvalue weighted by molar-refractivity contribution is -0.228. The first-order valence-electron chi connectivity index (χ1n) is 22.9. The normalized spacial score (nSPS) is 28.5. The molecule has 0 aromatic rings.